The van der Waals surface area contributed by atoms with Crippen LogP contribution in [0, 0.1) is 0 Å². The maximum absolute atomic E-state index is 11.1. The van der Waals surface area contributed by atoms with Gasteiger partial charge in [-0.05, 0) is 12.2 Å². The number of rotatable bonds is 0. The van der Waals surface area contributed by atoms with Crippen LogP contribution in [-0.4, -0.2) is 40.8 Å². The van der Waals surface area contributed by atoms with Crippen molar-refractivity contribution in [2.45, 2.75) is 12.8 Å². The van der Waals surface area contributed by atoms with Gasteiger partial charge >= 0.3 is 0 Å². The summed E-state index contributed by atoms with van der Waals surface area (Å²) in [6, 6.07) is 0. The predicted octanol–water partition coefficient (Wildman–Crippen LogP) is -0.0181. The highest BCUT2D eigenvalue weighted by molar-refractivity contribution is 7.80. The average molecular weight is 186 g/mol. The van der Waals surface area contributed by atoms with Gasteiger partial charge in [-0.1, -0.05) is 0 Å². The van der Waals surface area contributed by atoms with Crippen LogP contribution in [0.1, 0.15) is 12.8 Å². The highest BCUT2D eigenvalue weighted by Gasteiger charge is 2.32. The Labute approximate surface area is 76.1 Å². The first-order valence-electron chi connectivity index (χ1n) is 3.61. The van der Waals surface area contributed by atoms with Crippen LogP contribution in [0.3, 0.4) is 0 Å². The van der Waals surface area contributed by atoms with Crippen LogP contribution in [0.4, 0.5) is 0 Å². The Bertz CT molecular complexity index is 234. The minimum absolute atomic E-state index is 0.196. The zero-order valence-corrected chi connectivity index (χ0v) is 7.85. The molecule has 0 aromatic carbocycles. The Morgan fingerprint density at radius 1 is 1.33 bits per heavy atom. The fourth-order valence-electron chi connectivity index (χ4n) is 0.990. The Morgan fingerprint density at radius 3 is 2.08 bits per heavy atom. The summed E-state index contributed by atoms with van der Waals surface area (Å²) in [4.78, 5) is 24.9. The summed E-state index contributed by atoms with van der Waals surface area (Å²) in [5.74, 6) is -0.391. The molecule has 0 aromatic rings. The van der Waals surface area contributed by atoms with E-state index >= 15 is 0 Å². The molecule has 0 radical (unpaired) electrons. The smallest absolute Gasteiger partial charge is 0.236 e. The van der Waals surface area contributed by atoms with Gasteiger partial charge in [0, 0.05) is 26.9 Å². The molecule has 66 valence electrons. The molecule has 12 heavy (non-hydrogen) atoms. The third-order valence-electron chi connectivity index (χ3n) is 1.63. The zero-order valence-electron chi connectivity index (χ0n) is 7.03. The molecule has 0 spiro atoms. The third-order valence-corrected chi connectivity index (χ3v) is 2.17. The predicted molar refractivity (Wildman–Crippen MR) is 47.4 cm³/mol. The lowest BCUT2D eigenvalue weighted by Gasteiger charge is -2.20. The van der Waals surface area contributed by atoms with Crippen molar-refractivity contribution in [3.8, 4) is 0 Å². The van der Waals surface area contributed by atoms with E-state index in [4.69, 9.17) is 12.2 Å². The highest BCUT2D eigenvalue weighted by atomic mass is 32.1. The van der Waals surface area contributed by atoms with E-state index in [1.54, 1.807) is 19.0 Å². The van der Waals surface area contributed by atoms with Crippen LogP contribution in [0.5, 0.6) is 0 Å². The molecule has 2 amide bonds. The van der Waals surface area contributed by atoms with Gasteiger partial charge in [-0.15, -0.1) is 0 Å². The lowest BCUT2D eigenvalue weighted by atomic mass is 10.4. The molecule has 5 heteroatoms. The average Bonchev–Trinajstić information content (AvgIpc) is 2.30. The van der Waals surface area contributed by atoms with Gasteiger partial charge in [0.1, 0.15) is 0 Å². The molecule has 1 aliphatic rings. The number of thiocarbonyl (C=S) groups is 1. The molecule has 1 rings (SSSR count). The number of carbonyl (C=O) groups excluding carboxylic acids is 2. The second kappa shape index (κ2) is 3.18. The first-order valence-corrected chi connectivity index (χ1v) is 4.02. The summed E-state index contributed by atoms with van der Waals surface area (Å²) >= 11 is 4.90. The Kier molecular flexibility index (Phi) is 2.42. The molecule has 1 aliphatic heterocycles. The number of carbonyl (C=O) groups is 2. The molecule has 0 atom stereocenters. The summed E-state index contributed by atoms with van der Waals surface area (Å²) in [6.07, 6.45) is 0.569. The van der Waals surface area contributed by atoms with Crippen molar-refractivity contribution < 1.29 is 9.59 Å². The van der Waals surface area contributed by atoms with Crippen molar-refractivity contribution in [2.24, 2.45) is 0 Å². The maximum Gasteiger partial charge on any atom is 0.236 e. The van der Waals surface area contributed by atoms with Crippen molar-refractivity contribution in [2.75, 3.05) is 14.1 Å². The van der Waals surface area contributed by atoms with E-state index < -0.39 is 0 Å². The SMILES string of the molecule is CN(C)C(=S)N1C(=O)CCC1=O. The number of hydrogen-bond donors (Lipinski definition) is 0. The van der Waals surface area contributed by atoms with Crippen LogP contribution in [0.15, 0.2) is 0 Å². The van der Waals surface area contributed by atoms with E-state index in [1.165, 1.54) is 0 Å². The monoisotopic (exact) mass is 186 g/mol. The highest BCUT2D eigenvalue weighted by Crippen LogP contribution is 2.13. The van der Waals surface area contributed by atoms with Gasteiger partial charge in [-0.25, -0.2) is 4.90 Å². The van der Waals surface area contributed by atoms with Crippen LogP contribution < -0.4 is 0 Å². The minimum atomic E-state index is -0.196. The quantitative estimate of drug-likeness (QED) is 0.394. The standard InChI is InChI=1S/C7H10N2O2S/c1-8(2)7(12)9-5(10)3-4-6(9)11/h3-4H2,1-2H3. The maximum atomic E-state index is 11.1. The van der Waals surface area contributed by atoms with Crippen LogP contribution in [0.2, 0.25) is 0 Å². The van der Waals surface area contributed by atoms with Gasteiger partial charge < -0.3 is 4.90 Å². The second-order valence-electron chi connectivity index (χ2n) is 2.80. The lowest BCUT2D eigenvalue weighted by Crippen LogP contribution is -2.42. The molecular formula is C7H10N2O2S. The minimum Gasteiger partial charge on any atom is -0.355 e. The Hall–Kier alpha value is -0.970. The van der Waals surface area contributed by atoms with E-state index in [0.717, 1.165) is 4.90 Å². The topological polar surface area (TPSA) is 40.6 Å². The fraction of sp³-hybridized carbons (Fsp3) is 0.571. The van der Waals surface area contributed by atoms with Crippen LogP contribution >= 0.6 is 12.2 Å². The summed E-state index contributed by atoms with van der Waals surface area (Å²) < 4.78 is 0. The van der Waals surface area contributed by atoms with E-state index in [9.17, 15) is 9.59 Å². The molecule has 4 nitrogen and oxygen atoms in total. The molecule has 1 fully saturated rings. The Balaban J connectivity index is 2.80. The van der Waals surface area contributed by atoms with Crippen molar-refractivity contribution in [1.82, 2.24) is 9.80 Å². The molecule has 0 saturated carbocycles. The Morgan fingerprint density at radius 2 is 1.75 bits per heavy atom. The van der Waals surface area contributed by atoms with Gasteiger partial charge in [-0.3, -0.25) is 9.59 Å². The summed E-state index contributed by atoms with van der Waals surface area (Å²) in [5.41, 5.74) is 0. The molecule has 1 heterocycles. The van der Waals surface area contributed by atoms with Crippen molar-refractivity contribution in [3.05, 3.63) is 0 Å². The van der Waals surface area contributed by atoms with Crippen molar-refractivity contribution >= 4 is 29.1 Å². The van der Waals surface area contributed by atoms with Gasteiger partial charge in [0.15, 0.2) is 5.11 Å². The van der Waals surface area contributed by atoms with E-state index in [0.29, 0.717) is 0 Å². The molecular weight excluding hydrogens is 176 g/mol. The van der Waals surface area contributed by atoms with E-state index in [-0.39, 0.29) is 29.8 Å². The van der Waals surface area contributed by atoms with Gasteiger partial charge in [0.05, 0.1) is 0 Å². The number of amides is 2. The normalized spacial score (nSPS) is 17.0. The molecule has 0 N–H and O–H groups in total. The first-order chi connectivity index (χ1) is 5.54. The zero-order chi connectivity index (χ0) is 9.30. The van der Waals surface area contributed by atoms with Crippen molar-refractivity contribution in [3.63, 3.8) is 0 Å². The van der Waals surface area contributed by atoms with Gasteiger partial charge in [-0.2, -0.15) is 0 Å². The summed E-state index contributed by atoms with van der Waals surface area (Å²) in [7, 11) is 3.42. The summed E-state index contributed by atoms with van der Waals surface area (Å²) in [5, 5.41) is 0.280. The second-order valence-corrected chi connectivity index (χ2v) is 3.17. The van der Waals surface area contributed by atoms with Crippen molar-refractivity contribution in [1.29, 1.82) is 0 Å². The van der Waals surface area contributed by atoms with Crippen LogP contribution in [-0.2, 0) is 9.59 Å². The van der Waals surface area contributed by atoms with Gasteiger partial charge in [0.2, 0.25) is 11.8 Å². The number of nitrogens with zero attached hydrogens (tertiary/aromatic N) is 2. The summed E-state index contributed by atoms with van der Waals surface area (Å²) in [6.45, 7) is 0. The van der Waals surface area contributed by atoms with E-state index in [1.807, 2.05) is 0 Å². The largest absolute Gasteiger partial charge is 0.355 e. The van der Waals surface area contributed by atoms with Gasteiger partial charge in [0.25, 0.3) is 0 Å². The van der Waals surface area contributed by atoms with Crippen LogP contribution in [0.25, 0.3) is 0 Å². The number of likely N-dealkylation sites (tertiary alicyclic amines) is 1. The molecule has 0 unspecified atom stereocenters. The third kappa shape index (κ3) is 1.45. The molecule has 0 bridgehead atoms. The molecule has 1 saturated heterocycles. The molecule has 0 aromatic heterocycles. The fourth-order valence-corrected chi connectivity index (χ4v) is 1.19. The van der Waals surface area contributed by atoms with E-state index in [2.05, 4.69) is 0 Å². The lowest BCUT2D eigenvalue weighted by molar-refractivity contribution is -0.133. The number of imide groups is 1. The first kappa shape index (κ1) is 9.12. The number of hydrogen-bond acceptors (Lipinski definition) is 3. The molecule has 0 aliphatic carbocycles.